The number of carbonyl (C=O) groups excluding carboxylic acids is 1. The molecule has 0 amide bonds. The van der Waals surface area contributed by atoms with E-state index in [4.69, 9.17) is 11.6 Å². The topological polar surface area (TPSA) is 17.1 Å². The van der Waals surface area contributed by atoms with Gasteiger partial charge in [-0.25, -0.2) is 0 Å². The van der Waals surface area contributed by atoms with Crippen molar-refractivity contribution >= 4 is 27.6 Å². The van der Waals surface area contributed by atoms with E-state index in [1.807, 2.05) is 0 Å². The van der Waals surface area contributed by atoms with Crippen LogP contribution in [-0.4, -0.2) is 16.9 Å². The average molecular weight is 261 g/mol. The van der Waals surface area contributed by atoms with Crippen molar-refractivity contribution in [3.05, 3.63) is 0 Å². The molecular weight excluding hydrogens is 251 g/mol. The van der Waals surface area contributed by atoms with E-state index >= 15 is 0 Å². The number of alkyl halides is 1. The molecule has 0 fully saturated rings. The Labute approximate surface area is 83.3 Å². The van der Waals surface area contributed by atoms with Crippen molar-refractivity contribution < 1.29 is 24.2 Å². The highest BCUT2D eigenvalue weighted by Crippen LogP contribution is 2.98. The third kappa shape index (κ3) is 10.0. The van der Waals surface area contributed by atoms with Gasteiger partial charge in [0.15, 0.2) is 0 Å². The Balaban J connectivity index is 4.22. The zero-order valence-corrected chi connectivity index (χ0v) is 8.86. The van der Waals surface area contributed by atoms with Gasteiger partial charge in [0, 0.05) is 6.42 Å². The van der Waals surface area contributed by atoms with Crippen LogP contribution < -0.4 is 0 Å². The van der Waals surface area contributed by atoms with Crippen molar-refractivity contribution in [2.75, 3.05) is 5.75 Å². The summed E-state index contributed by atoms with van der Waals surface area (Å²) in [6.45, 7) is 1.16. The number of Topliss-reactive ketones (excluding diaryl/α,β-unsaturated/α-hetero) is 1. The molecule has 0 aromatic heterocycles. The van der Waals surface area contributed by atoms with Gasteiger partial charge in [0.05, 0.1) is 5.38 Å². The van der Waals surface area contributed by atoms with Gasteiger partial charge in [0.2, 0.25) is 0 Å². The Morgan fingerprint density at radius 2 is 1.71 bits per heavy atom. The van der Waals surface area contributed by atoms with E-state index in [1.165, 1.54) is 0 Å². The first-order chi connectivity index (χ1) is 5.79. The summed E-state index contributed by atoms with van der Waals surface area (Å²) in [5, 5.41) is -1.74. The largest absolute Gasteiger partial charge is 0.300 e. The normalized spacial score (nSPS) is 19.6. The molecule has 0 saturated carbocycles. The number of hydrogen-bond donors (Lipinski definition) is 0. The first kappa shape index (κ1) is 14.0. The standard InChI is InChI=1S/C6H10ClF5OS/c1-5(13)2-3-6(7)4-14(8,9,10,11)12/h6H,2-4H2,1H3. The monoisotopic (exact) mass is 260 g/mol. The van der Waals surface area contributed by atoms with Gasteiger partial charge in [-0.15, -0.1) is 11.6 Å². The van der Waals surface area contributed by atoms with Gasteiger partial charge >= 0.3 is 0 Å². The van der Waals surface area contributed by atoms with Crippen LogP contribution in [0.25, 0.3) is 0 Å². The highest BCUT2D eigenvalue weighted by atomic mass is 35.5. The van der Waals surface area contributed by atoms with Crippen LogP contribution in [0.3, 0.4) is 0 Å². The molecule has 14 heavy (non-hydrogen) atoms. The van der Waals surface area contributed by atoms with E-state index in [1.54, 1.807) is 0 Å². The molecule has 0 aliphatic rings. The van der Waals surface area contributed by atoms with Crippen LogP contribution in [0, 0.1) is 0 Å². The summed E-state index contributed by atoms with van der Waals surface area (Å²) in [5.41, 5.74) is 0. The molecule has 1 atom stereocenters. The van der Waals surface area contributed by atoms with E-state index in [2.05, 4.69) is 0 Å². The summed E-state index contributed by atoms with van der Waals surface area (Å²) < 4.78 is 59.1. The second-order valence-corrected chi connectivity index (χ2v) is 6.34. The predicted molar refractivity (Wildman–Crippen MR) is 47.6 cm³/mol. The molecule has 88 valence electrons. The lowest BCUT2D eigenvalue weighted by Gasteiger charge is -2.41. The fraction of sp³-hybridized carbons (Fsp3) is 0.833. The lowest BCUT2D eigenvalue weighted by atomic mass is 10.2. The van der Waals surface area contributed by atoms with Crippen molar-refractivity contribution in [3.8, 4) is 0 Å². The third-order valence-corrected chi connectivity index (χ3v) is 2.89. The van der Waals surface area contributed by atoms with Gasteiger partial charge in [-0.05, 0) is 13.3 Å². The lowest BCUT2D eigenvalue weighted by molar-refractivity contribution is -0.117. The fourth-order valence-electron chi connectivity index (χ4n) is 0.785. The second-order valence-electron chi connectivity index (χ2n) is 3.13. The highest BCUT2D eigenvalue weighted by molar-refractivity contribution is 8.45. The molecule has 0 aliphatic heterocycles. The maximum absolute atomic E-state index is 11.8. The molecule has 0 aliphatic carbocycles. The van der Waals surface area contributed by atoms with Crippen molar-refractivity contribution in [1.82, 2.24) is 0 Å². The average Bonchev–Trinajstić information content (AvgIpc) is 1.75. The molecular formula is C6H10ClF5OS. The van der Waals surface area contributed by atoms with Crippen molar-refractivity contribution in [2.45, 2.75) is 25.1 Å². The molecule has 8 heteroatoms. The van der Waals surface area contributed by atoms with Crippen LogP contribution in [0.2, 0.25) is 0 Å². The van der Waals surface area contributed by atoms with E-state index in [0.717, 1.165) is 6.92 Å². The summed E-state index contributed by atoms with van der Waals surface area (Å²) in [6.07, 6.45) is -0.607. The molecule has 0 spiro atoms. The van der Waals surface area contributed by atoms with Crippen molar-refractivity contribution in [1.29, 1.82) is 0 Å². The van der Waals surface area contributed by atoms with Crippen LogP contribution in [0.5, 0.6) is 0 Å². The van der Waals surface area contributed by atoms with E-state index in [9.17, 15) is 24.2 Å². The summed E-state index contributed by atoms with van der Waals surface area (Å²) >= 11 is 5.07. The summed E-state index contributed by atoms with van der Waals surface area (Å²) in [6, 6.07) is 0. The Bertz CT molecular complexity index is 234. The minimum absolute atomic E-state index is 0.220. The van der Waals surface area contributed by atoms with Crippen LogP contribution in [0.4, 0.5) is 19.4 Å². The van der Waals surface area contributed by atoms with Crippen LogP contribution in [0.15, 0.2) is 0 Å². The smallest absolute Gasteiger partial charge is 0.287 e. The number of hydrogen-bond acceptors (Lipinski definition) is 1. The molecule has 0 heterocycles. The summed E-state index contributed by atoms with van der Waals surface area (Å²) in [4.78, 5) is 10.4. The van der Waals surface area contributed by atoms with Gasteiger partial charge < -0.3 is 4.79 Å². The molecule has 0 aromatic rings. The summed E-state index contributed by atoms with van der Waals surface area (Å²) in [7, 11) is -9.43. The lowest BCUT2D eigenvalue weighted by Crippen LogP contribution is -2.20. The zero-order valence-electron chi connectivity index (χ0n) is 7.28. The van der Waals surface area contributed by atoms with Crippen LogP contribution >= 0.6 is 21.8 Å². The van der Waals surface area contributed by atoms with Gasteiger partial charge in [0.25, 0.3) is 10.2 Å². The minimum Gasteiger partial charge on any atom is -0.300 e. The Kier molecular flexibility index (Phi) is 3.22. The Hall–Kier alpha value is -0.0400. The molecule has 0 aromatic carbocycles. The third-order valence-electron chi connectivity index (χ3n) is 1.31. The number of rotatable bonds is 5. The molecule has 1 unspecified atom stereocenters. The first-order valence-corrected chi connectivity index (χ1v) is 6.21. The molecule has 0 radical (unpaired) electrons. The maximum atomic E-state index is 11.8. The maximum Gasteiger partial charge on any atom is 0.287 e. The summed E-state index contributed by atoms with van der Waals surface area (Å²) in [5.74, 6) is -2.69. The highest BCUT2D eigenvalue weighted by Gasteiger charge is 2.63. The van der Waals surface area contributed by atoms with Gasteiger partial charge in [-0.2, -0.15) is 0 Å². The quantitative estimate of drug-likeness (QED) is 0.533. The van der Waals surface area contributed by atoms with Gasteiger partial charge in [-0.3, -0.25) is 0 Å². The molecule has 0 saturated heterocycles. The molecule has 0 rings (SSSR count). The van der Waals surface area contributed by atoms with Crippen molar-refractivity contribution in [2.24, 2.45) is 0 Å². The molecule has 0 N–H and O–H groups in total. The van der Waals surface area contributed by atoms with Crippen LogP contribution in [0.1, 0.15) is 19.8 Å². The van der Waals surface area contributed by atoms with E-state index in [0.29, 0.717) is 0 Å². The Morgan fingerprint density at radius 1 is 1.29 bits per heavy atom. The van der Waals surface area contributed by atoms with E-state index < -0.39 is 21.4 Å². The zero-order chi connectivity index (χ0) is 11.7. The Morgan fingerprint density at radius 3 is 2.00 bits per heavy atom. The van der Waals surface area contributed by atoms with Crippen LogP contribution in [-0.2, 0) is 4.79 Å². The van der Waals surface area contributed by atoms with E-state index in [-0.39, 0.29) is 18.6 Å². The number of carbonyl (C=O) groups is 1. The fourth-order valence-corrected chi connectivity index (χ4v) is 2.46. The SMILES string of the molecule is CC(=O)CCC(Cl)CS(F)(F)(F)(F)F. The minimum atomic E-state index is -9.43. The number of halogens is 6. The predicted octanol–water partition coefficient (Wildman–Crippen LogP) is 4.26. The number of ketones is 1. The molecule has 0 bridgehead atoms. The van der Waals surface area contributed by atoms with Gasteiger partial charge in [-0.1, -0.05) is 19.4 Å². The molecule has 1 nitrogen and oxygen atoms in total. The van der Waals surface area contributed by atoms with Gasteiger partial charge in [0.1, 0.15) is 11.5 Å². The first-order valence-electron chi connectivity index (χ1n) is 3.65. The van der Waals surface area contributed by atoms with Crippen molar-refractivity contribution in [3.63, 3.8) is 0 Å². The second kappa shape index (κ2) is 3.23.